The van der Waals surface area contributed by atoms with Gasteiger partial charge in [0.1, 0.15) is 0 Å². The first-order valence-corrected chi connectivity index (χ1v) is 8.06. The highest BCUT2D eigenvalue weighted by Crippen LogP contribution is 2.27. The molecule has 0 saturated heterocycles. The molecule has 0 heterocycles. The minimum absolute atomic E-state index is 0.0562. The van der Waals surface area contributed by atoms with Gasteiger partial charge in [-0.1, -0.05) is 46.8 Å². The largest absolute Gasteiger partial charge is 0.336 e. The number of carbonyl (C=O) groups excluding carboxylic acids is 1. The molecule has 104 valence electrons. The molecule has 4 heteroatoms. The van der Waals surface area contributed by atoms with Crippen LogP contribution in [0.5, 0.6) is 0 Å². The van der Waals surface area contributed by atoms with E-state index in [1.54, 1.807) is 6.07 Å². The van der Waals surface area contributed by atoms with Crippen molar-refractivity contribution >= 4 is 33.4 Å². The van der Waals surface area contributed by atoms with Crippen molar-refractivity contribution < 1.29 is 4.79 Å². The van der Waals surface area contributed by atoms with Gasteiger partial charge in [0, 0.05) is 17.1 Å². The molecule has 1 amide bonds. The van der Waals surface area contributed by atoms with Gasteiger partial charge in [-0.3, -0.25) is 4.79 Å². The average Bonchev–Trinajstić information content (AvgIpc) is 2.43. The van der Waals surface area contributed by atoms with Crippen LogP contribution in [0, 0.1) is 0 Å². The summed E-state index contributed by atoms with van der Waals surface area (Å²) in [7, 11) is 0. The van der Waals surface area contributed by atoms with Crippen LogP contribution in [0.25, 0.3) is 0 Å². The Labute approximate surface area is 128 Å². The third-order valence-corrected chi connectivity index (χ3v) is 4.60. The van der Waals surface area contributed by atoms with Gasteiger partial charge in [0.25, 0.3) is 5.91 Å². The Kier molecular flexibility index (Phi) is 5.28. The van der Waals surface area contributed by atoms with Gasteiger partial charge < -0.3 is 4.90 Å². The lowest BCUT2D eigenvalue weighted by Gasteiger charge is -2.33. The normalized spacial score (nSPS) is 16.4. The maximum atomic E-state index is 12.7. The molecule has 1 aromatic rings. The SMILES string of the molecule is CCN(C(=O)c1cc(Br)ccc1Cl)C1CCCCC1. The quantitative estimate of drug-likeness (QED) is 0.764. The standard InChI is InChI=1S/C15H19BrClNO/c1-2-18(12-6-4-3-5-7-12)15(19)13-10-11(16)8-9-14(13)17/h8-10,12H,2-7H2,1H3. The van der Waals surface area contributed by atoms with Crippen LogP contribution in [-0.4, -0.2) is 23.4 Å². The molecule has 0 bridgehead atoms. The Morgan fingerprint density at radius 3 is 2.68 bits per heavy atom. The monoisotopic (exact) mass is 343 g/mol. The lowest BCUT2D eigenvalue weighted by molar-refractivity contribution is 0.0648. The minimum Gasteiger partial charge on any atom is -0.336 e. The van der Waals surface area contributed by atoms with E-state index in [0.717, 1.165) is 23.9 Å². The Balaban J connectivity index is 2.22. The van der Waals surface area contributed by atoms with Crippen molar-refractivity contribution in [3.63, 3.8) is 0 Å². The molecule has 2 nitrogen and oxygen atoms in total. The van der Waals surface area contributed by atoms with Crippen molar-refractivity contribution in [1.29, 1.82) is 0 Å². The molecule has 19 heavy (non-hydrogen) atoms. The molecular weight excluding hydrogens is 326 g/mol. The Morgan fingerprint density at radius 1 is 1.37 bits per heavy atom. The molecule has 2 rings (SSSR count). The van der Waals surface area contributed by atoms with E-state index in [-0.39, 0.29) is 5.91 Å². The molecule has 0 spiro atoms. The van der Waals surface area contributed by atoms with Crippen molar-refractivity contribution in [3.05, 3.63) is 33.3 Å². The van der Waals surface area contributed by atoms with E-state index in [1.165, 1.54) is 19.3 Å². The summed E-state index contributed by atoms with van der Waals surface area (Å²) in [4.78, 5) is 14.6. The molecule has 1 saturated carbocycles. The first-order chi connectivity index (χ1) is 9.13. The number of nitrogens with zero attached hydrogens (tertiary/aromatic N) is 1. The van der Waals surface area contributed by atoms with Gasteiger partial charge in [-0.15, -0.1) is 0 Å². The second-order valence-electron chi connectivity index (χ2n) is 5.01. The van der Waals surface area contributed by atoms with E-state index in [1.807, 2.05) is 24.0 Å². The molecule has 0 aliphatic heterocycles. The third-order valence-electron chi connectivity index (χ3n) is 3.78. The van der Waals surface area contributed by atoms with Crippen LogP contribution >= 0.6 is 27.5 Å². The molecular formula is C15H19BrClNO. The second kappa shape index (κ2) is 6.76. The van der Waals surface area contributed by atoms with Crippen LogP contribution in [0.1, 0.15) is 49.4 Å². The van der Waals surface area contributed by atoms with Crippen molar-refractivity contribution in [3.8, 4) is 0 Å². The number of halogens is 2. The first kappa shape index (κ1) is 14.9. The fourth-order valence-electron chi connectivity index (χ4n) is 2.78. The molecule has 0 unspecified atom stereocenters. The summed E-state index contributed by atoms with van der Waals surface area (Å²) in [5.41, 5.74) is 0.600. The first-order valence-electron chi connectivity index (χ1n) is 6.89. The van der Waals surface area contributed by atoms with Crippen molar-refractivity contribution in [2.45, 2.75) is 45.1 Å². The van der Waals surface area contributed by atoms with Gasteiger partial charge in [-0.05, 0) is 38.0 Å². The lowest BCUT2D eigenvalue weighted by atomic mass is 9.93. The summed E-state index contributed by atoms with van der Waals surface area (Å²) >= 11 is 9.57. The summed E-state index contributed by atoms with van der Waals surface area (Å²) in [5, 5.41) is 0.530. The smallest absolute Gasteiger partial charge is 0.255 e. The van der Waals surface area contributed by atoms with Crippen LogP contribution < -0.4 is 0 Å². The fraction of sp³-hybridized carbons (Fsp3) is 0.533. The zero-order chi connectivity index (χ0) is 13.8. The predicted octanol–water partition coefficient (Wildman–Crippen LogP) is 4.90. The number of hydrogen-bond acceptors (Lipinski definition) is 1. The van der Waals surface area contributed by atoms with Gasteiger partial charge in [-0.25, -0.2) is 0 Å². The number of carbonyl (C=O) groups is 1. The van der Waals surface area contributed by atoms with E-state index >= 15 is 0 Å². The van der Waals surface area contributed by atoms with E-state index in [4.69, 9.17) is 11.6 Å². The highest BCUT2D eigenvalue weighted by Gasteiger charge is 2.26. The van der Waals surface area contributed by atoms with Gasteiger partial charge in [0.2, 0.25) is 0 Å². The van der Waals surface area contributed by atoms with Crippen LogP contribution in [0.2, 0.25) is 5.02 Å². The topological polar surface area (TPSA) is 20.3 Å². The number of amides is 1. The number of benzene rings is 1. The molecule has 1 aliphatic rings. The highest BCUT2D eigenvalue weighted by molar-refractivity contribution is 9.10. The van der Waals surface area contributed by atoms with Crippen molar-refractivity contribution in [2.75, 3.05) is 6.54 Å². The van der Waals surface area contributed by atoms with Gasteiger partial charge in [-0.2, -0.15) is 0 Å². The molecule has 0 atom stereocenters. The van der Waals surface area contributed by atoms with E-state index < -0.39 is 0 Å². The highest BCUT2D eigenvalue weighted by atomic mass is 79.9. The number of hydrogen-bond donors (Lipinski definition) is 0. The maximum Gasteiger partial charge on any atom is 0.255 e. The van der Waals surface area contributed by atoms with E-state index in [9.17, 15) is 4.79 Å². The second-order valence-corrected chi connectivity index (χ2v) is 6.33. The van der Waals surface area contributed by atoms with E-state index in [2.05, 4.69) is 15.9 Å². The Hall–Kier alpha value is -0.540. The molecule has 0 N–H and O–H groups in total. The average molecular weight is 345 g/mol. The van der Waals surface area contributed by atoms with Crippen LogP contribution in [-0.2, 0) is 0 Å². The van der Waals surface area contributed by atoms with Crippen molar-refractivity contribution in [2.24, 2.45) is 0 Å². The van der Waals surface area contributed by atoms with Crippen LogP contribution in [0.15, 0.2) is 22.7 Å². The Bertz CT molecular complexity index is 457. The zero-order valence-corrected chi connectivity index (χ0v) is 13.5. The molecule has 0 aromatic heterocycles. The third kappa shape index (κ3) is 3.51. The summed E-state index contributed by atoms with van der Waals surface area (Å²) < 4.78 is 0.889. The molecule has 1 aromatic carbocycles. The summed E-state index contributed by atoms with van der Waals surface area (Å²) in [5.74, 6) is 0.0562. The fourth-order valence-corrected chi connectivity index (χ4v) is 3.34. The Morgan fingerprint density at radius 2 is 2.05 bits per heavy atom. The summed E-state index contributed by atoms with van der Waals surface area (Å²) in [6.45, 7) is 2.78. The van der Waals surface area contributed by atoms with Crippen molar-refractivity contribution in [1.82, 2.24) is 4.90 Å². The summed E-state index contributed by atoms with van der Waals surface area (Å²) in [6, 6.07) is 5.82. The van der Waals surface area contributed by atoms with E-state index in [0.29, 0.717) is 16.6 Å². The van der Waals surface area contributed by atoms with Gasteiger partial charge >= 0.3 is 0 Å². The molecule has 1 aliphatic carbocycles. The predicted molar refractivity (Wildman–Crippen MR) is 82.7 cm³/mol. The van der Waals surface area contributed by atoms with Gasteiger partial charge in [0.15, 0.2) is 0 Å². The lowest BCUT2D eigenvalue weighted by Crippen LogP contribution is -2.41. The number of rotatable bonds is 3. The summed E-state index contributed by atoms with van der Waals surface area (Å²) in [6.07, 6.45) is 5.97. The van der Waals surface area contributed by atoms with Crippen LogP contribution in [0.4, 0.5) is 0 Å². The maximum absolute atomic E-state index is 12.7. The van der Waals surface area contributed by atoms with Crippen LogP contribution in [0.3, 0.4) is 0 Å². The zero-order valence-electron chi connectivity index (χ0n) is 11.2. The van der Waals surface area contributed by atoms with Gasteiger partial charge in [0.05, 0.1) is 10.6 Å². The molecule has 1 fully saturated rings. The minimum atomic E-state index is 0.0562. The molecule has 0 radical (unpaired) electrons.